The summed E-state index contributed by atoms with van der Waals surface area (Å²) >= 11 is 0. The van der Waals surface area contributed by atoms with Crippen molar-refractivity contribution in [3.8, 4) is 0 Å². The zero-order valence-corrected chi connectivity index (χ0v) is 10.3. The number of carbonyl (C=O) groups excluding carboxylic acids is 1. The molecule has 1 aromatic heterocycles. The summed E-state index contributed by atoms with van der Waals surface area (Å²) in [4.78, 5) is 14.2. The second-order valence-electron chi connectivity index (χ2n) is 3.72. The molecule has 0 aromatic carbocycles. The van der Waals surface area contributed by atoms with Crippen molar-refractivity contribution < 1.29 is 37.2 Å². The van der Waals surface area contributed by atoms with Crippen LogP contribution in [0.3, 0.4) is 0 Å². The normalized spacial score (nSPS) is 17.2. The molecule has 1 aliphatic rings. The van der Waals surface area contributed by atoms with Crippen LogP contribution < -0.4 is 24.0 Å². The number of imidazole rings is 1. The first-order chi connectivity index (χ1) is 7.41. The van der Waals surface area contributed by atoms with E-state index >= 15 is 0 Å². The number of nitrogens with zero attached hydrogens (tertiary/aromatic N) is 3. The summed E-state index contributed by atoms with van der Waals surface area (Å²) in [6.07, 6.45) is 2.75. The van der Waals surface area contributed by atoms with E-state index in [4.69, 9.17) is 0 Å². The number of sulfonamides is 1. The molecular weight excluding hydrogens is 241 g/mol. The first-order valence-corrected chi connectivity index (χ1v) is 6.04. The van der Waals surface area contributed by atoms with Gasteiger partial charge < -0.3 is 14.5 Å². The minimum absolute atomic E-state index is 0. The summed E-state index contributed by atoms with van der Waals surface area (Å²) in [6, 6.07) is 0. The first kappa shape index (κ1) is 14.2. The van der Waals surface area contributed by atoms with E-state index in [-0.39, 0.29) is 37.0 Å². The van der Waals surface area contributed by atoms with Crippen LogP contribution in [0.15, 0.2) is 17.6 Å². The molecule has 1 fully saturated rings. The smallest absolute Gasteiger partial charge is 0.550 e. The van der Waals surface area contributed by atoms with Crippen molar-refractivity contribution in [1.29, 1.82) is 0 Å². The van der Waals surface area contributed by atoms with Gasteiger partial charge in [-0.2, -0.15) is 4.31 Å². The van der Waals surface area contributed by atoms with Crippen molar-refractivity contribution in [3.63, 3.8) is 0 Å². The molecule has 1 aliphatic heterocycles. The number of carbonyl (C=O) groups is 1. The molecule has 0 bridgehead atoms. The van der Waals surface area contributed by atoms with Gasteiger partial charge in [0.1, 0.15) is 0 Å². The van der Waals surface area contributed by atoms with Crippen LogP contribution >= 0.6 is 0 Å². The summed E-state index contributed by atoms with van der Waals surface area (Å²) in [5, 5.41) is 10.4. The van der Waals surface area contributed by atoms with Crippen molar-refractivity contribution in [1.82, 2.24) is 13.9 Å². The third-order valence-electron chi connectivity index (χ3n) is 2.47. The van der Waals surface area contributed by atoms with Gasteiger partial charge in [0, 0.05) is 38.2 Å². The molecule has 0 amide bonds. The average molecular weight is 251 g/mol. The van der Waals surface area contributed by atoms with E-state index in [2.05, 4.69) is 4.98 Å². The number of carboxylic acid groups (broad SMARTS) is 1. The molecule has 88 valence electrons. The van der Waals surface area contributed by atoms with Crippen LogP contribution in [0.5, 0.6) is 0 Å². The molecule has 0 saturated carbocycles. The molecule has 17 heavy (non-hydrogen) atoms. The van der Waals surface area contributed by atoms with Gasteiger partial charge in [-0.05, 0) is 0 Å². The molecule has 2 rings (SSSR count). The van der Waals surface area contributed by atoms with Crippen LogP contribution in [-0.2, 0) is 21.9 Å². The Labute approximate surface area is 111 Å². The van der Waals surface area contributed by atoms with Crippen LogP contribution in [0.4, 0.5) is 0 Å². The second kappa shape index (κ2) is 4.82. The molecule has 0 radical (unpaired) electrons. The maximum absolute atomic E-state index is 11.8. The van der Waals surface area contributed by atoms with E-state index < -0.39 is 21.9 Å². The summed E-state index contributed by atoms with van der Waals surface area (Å²) in [5.41, 5.74) is 0. The fourth-order valence-electron chi connectivity index (χ4n) is 1.44. The van der Waals surface area contributed by atoms with E-state index in [9.17, 15) is 18.3 Å². The molecule has 9 heteroatoms. The summed E-state index contributed by atoms with van der Waals surface area (Å²) < 4.78 is 26.3. The SMILES string of the molecule is Cn1cnc(S(=O)(=O)N2CC(C(=O)[O-])C2)c1.[Li+]. The molecule has 0 N–H and O–H groups in total. The first-order valence-electron chi connectivity index (χ1n) is 4.60. The Kier molecular flexibility index (Phi) is 4.04. The van der Waals surface area contributed by atoms with Crippen molar-refractivity contribution in [2.24, 2.45) is 13.0 Å². The Morgan fingerprint density at radius 2 is 2.12 bits per heavy atom. The van der Waals surface area contributed by atoms with Gasteiger partial charge in [-0.1, -0.05) is 0 Å². The molecule has 1 saturated heterocycles. The molecule has 0 unspecified atom stereocenters. The number of rotatable bonds is 3. The van der Waals surface area contributed by atoms with Crippen LogP contribution in [0, 0.1) is 5.92 Å². The second-order valence-corrected chi connectivity index (χ2v) is 5.60. The summed E-state index contributed by atoms with van der Waals surface area (Å²) in [5.74, 6) is -1.93. The maximum atomic E-state index is 11.8. The monoisotopic (exact) mass is 251 g/mol. The van der Waals surface area contributed by atoms with Gasteiger partial charge in [-0.25, -0.2) is 13.4 Å². The topological polar surface area (TPSA) is 95.3 Å². The van der Waals surface area contributed by atoms with Gasteiger partial charge in [0.15, 0.2) is 5.03 Å². The van der Waals surface area contributed by atoms with E-state index in [0.29, 0.717) is 0 Å². The van der Waals surface area contributed by atoms with Crippen LogP contribution in [0.25, 0.3) is 0 Å². The van der Waals surface area contributed by atoms with Gasteiger partial charge >= 0.3 is 18.9 Å². The molecule has 1 aromatic rings. The number of aromatic nitrogens is 2. The number of hydrogen-bond acceptors (Lipinski definition) is 5. The van der Waals surface area contributed by atoms with Gasteiger partial charge in [0.05, 0.1) is 6.33 Å². The Hall–Kier alpha value is -0.813. The molecule has 0 atom stereocenters. The Morgan fingerprint density at radius 3 is 2.53 bits per heavy atom. The Morgan fingerprint density at radius 1 is 1.53 bits per heavy atom. The molecular formula is C8H10LiN3O4S. The number of aryl methyl sites for hydroxylation is 1. The minimum atomic E-state index is -3.64. The third kappa shape index (κ3) is 2.55. The average Bonchev–Trinajstić information content (AvgIpc) is 2.47. The Balaban J connectivity index is 0.00000144. The summed E-state index contributed by atoms with van der Waals surface area (Å²) in [6.45, 7) is -0.0809. The fourth-order valence-corrected chi connectivity index (χ4v) is 2.93. The van der Waals surface area contributed by atoms with Crippen molar-refractivity contribution in [2.75, 3.05) is 13.1 Å². The van der Waals surface area contributed by atoms with Crippen LogP contribution in [0.2, 0.25) is 0 Å². The summed E-state index contributed by atoms with van der Waals surface area (Å²) in [7, 11) is -1.98. The minimum Gasteiger partial charge on any atom is -0.550 e. The molecule has 7 nitrogen and oxygen atoms in total. The van der Waals surface area contributed by atoms with E-state index in [0.717, 1.165) is 4.31 Å². The van der Waals surface area contributed by atoms with Gasteiger partial charge in [-0.3, -0.25) is 0 Å². The van der Waals surface area contributed by atoms with Crippen molar-refractivity contribution in [3.05, 3.63) is 12.5 Å². The van der Waals surface area contributed by atoms with E-state index in [1.54, 1.807) is 7.05 Å². The van der Waals surface area contributed by atoms with Gasteiger partial charge in [0.25, 0.3) is 10.0 Å². The number of carboxylic acids is 1. The predicted octanol–water partition coefficient (Wildman–Crippen LogP) is -5.21. The number of aliphatic carboxylic acids is 1. The molecule has 0 aliphatic carbocycles. The van der Waals surface area contributed by atoms with Gasteiger partial charge in [0.2, 0.25) is 0 Å². The molecule has 2 heterocycles. The quantitative estimate of drug-likeness (QED) is 0.500. The molecule has 0 spiro atoms. The van der Waals surface area contributed by atoms with Crippen LogP contribution in [-0.4, -0.2) is 41.3 Å². The zero-order valence-electron chi connectivity index (χ0n) is 9.53. The predicted molar refractivity (Wildman–Crippen MR) is 50.5 cm³/mol. The largest absolute Gasteiger partial charge is 1.00 e. The van der Waals surface area contributed by atoms with E-state index in [1.165, 1.54) is 17.1 Å². The third-order valence-corrected chi connectivity index (χ3v) is 4.18. The van der Waals surface area contributed by atoms with Crippen molar-refractivity contribution in [2.45, 2.75) is 5.03 Å². The van der Waals surface area contributed by atoms with Crippen LogP contribution in [0.1, 0.15) is 0 Å². The Bertz CT molecular complexity index is 521. The zero-order chi connectivity index (χ0) is 11.9. The van der Waals surface area contributed by atoms with Gasteiger partial charge in [-0.15, -0.1) is 0 Å². The fraction of sp³-hybridized carbons (Fsp3) is 0.500. The maximum Gasteiger partial charge on any atom is 1.00 e. The van der Waals surface area contributed by atoms with E-state index in [1.807, 2.05) is 0 Å². The standard InChI is InChI=1S/C8H11N3O4S.Li/c1-10-4-7(9-5-10)16(14,15)11-2-6(3-11)8(12)13;/h4-6H,2-3H2,1H3,(H,12,13);/q;+1/p-1. The number of hydrogen-bond donors (Lipinski definition) is 0. The van der Waals surface area contributed by atoms with Crippen molar-refractivity contribution >= 4 is 16.0 Å².